The van der Waals surface area contributed by atoms with Crippen LogP contribution >= 0.6 is 11.6 Å². The van der Waals surface area contributed by atoms with Gasteiger partial charge in [0.1, 0.15) is 11.3 Å². The van der Waals surface area contributed by atoms with Crippen molar-refractivity contribution in [3.63, 3.8) is 0 Å². The van der Waals surface area contributed by atoms with Crippen molar-refractivity contribution >= 4 is 17.6 Å². The summed E-state index contributed by atoms with van der Waals surface area (Å²) in [6.45, 7) is 3.71. The van der Waals surface area contributed by atoms with Crippen molar-refractivity contribution in [2.24, 2.45) is 0 Å². The Labute approximate surface area is 166 Å². The van der Waals surface area contributed by atoms with Crippen molar-refractivity contribution in [2.45, 2.75) is 38.3 Å². The van der Waals surface area contributed by atoms with Gasteiger partial charge in [-0.1, -0.05) is 35.0 Å². The standard InChI is InChI=1S/C20H20ClN3O4/c1-11-14(10-22-24(11)12-8-20(2,26)9-12)18-16(19(25)27-3)17(23-28-18)13-6-4-5-7-15(13)21/h4-7,10,12,26H,8-9H2,1-3H3/t12-,20-. The van der Waals surface area contributed by atoms with Crippen LogP contribution in [0.1, 0.15) is 41.9 Å². The van der Waals surface area contributed by atoms with Gasteiger partial charge in [-0.2, -0.15) is 5.10 Å². The maximum atomic E-state index is 12.6. The predicted octanol–water partition coefficient (Wildman–Crippen LogP) is 4.04. The Bertz CT molecular complexity index is 1050. The minimum atomic E-state index is -0.663. The molecule has 2 heterocycles. The van der Waals surface area contributed by atoms with Crippen LogP contribution < -0.4 is 0 Å². The number of nitrogens with zero attached hydrogens (tertiary/aromatic N) is 3. The molecule has 1 aliphatic rings. The molecule has 28 heavy (non-hydrogen) atoms. The molecule has 0 atom stereocenters. The van der Waals surface area contributed by atoms with E-state index < -0.39 is 11.6 Å². The van der Waals surface area contributed by atoms with Crippen molar-refractivity contribution in [1.82, 2.24) is 14.9 Å². The highest BCUT2D eigenvalue weighted by atomic mass is 35.5. The lowest BCUT2D eigenvalue weighted by Gasteiger charge is -2.41. The molecule has 1 N–H and O–H groups in total. The lowest BCUT2D eigenvalue weighted by Crippen LogP contribution is -2.42. The molecule has 0 amide bonds. The number of carbonyl (C=O) groups excluding carboxylic acids is 1. The highest BCUT2D eigenvalue weighted by Crippen LogP contribution is 2.43. The van der Waals surface area contributed by atoms with Crippen LogP contribution in [-0.4, -0.2) is 38.7 Å². The summed E-state index contributed by atoms with van der Waals surface area (Å²) < 4.78 is 12.4. The Hall–Kier alpha value is -2.64. The van der Waals surface area contributed by atoms with Crippen molar-refractivity contribution in [3.8, 4) is 22.6 Å². The van der Waals surface area contributed by atoms with E-state index in [1.165, 1.54) is 7.11 Å². The van der Waals surface area contributed by atoms with E-state index in [2.05, 4.69) is 10.3 Å². The van der Waals surface area contributed by atoms with Crippen LogP contribution in [0.2, 0.25) is 5.02 Å². The number of aliphatic hydroxyl groups is 1. The topological polar surface area (TPSA) is 90.4 Å². The first-order valence-electron chi connectivity index (χ1n) is 8.92. The van der Waals surface area contributed by atoms with Gasteiger partial charge in [-0.15, -0.1) is 0 Å². The molecule has 0 saturated heterocycles. The van der Waals surface area contributed by atoms with E-state index in [1.54, 1.807) is 24.4 Å². The van der Waals surface area contributed by atoms with Crippen molar-refractivity contribution in [2.75, 3.05) is 7.11 Å². The van der Waals surface area contributed by atoms with Gasteiger partial charge in [0.05, 0.1) is 35.5 Å². The van der Waals surface area contributed by atoms with Crippen LogP contribution in [0.4, 0.5) is 0 Å². The van der Waals surface area contributed by atoms with Crippen LogP contribution in [0.15, 0.2) is 35.0 Å². The van der Waals surface area contributed by atoms with Gasteiger partial charge in [0.2, 0.25) is 0 Å². The molecule has 3 aromatic rings. The number of ether oxygens (including phenoxy) is 1. The van der Waals surface area contributed by atoms with E-state index in [0.29, 0.717) is 34.7 Å². The Morgan fingerprint density at radius 3 is 2.71 bits per heavy atom. The number of halogens is 1. The fraction of sp³-hybridized carbons (Fsp3) is 0.350. The Morgan fingerprint density at radius 1 is 1.36 bits per heavy atom. The van der Waals surface area contributed by atoms with Crippen LogP contribution in [-0.2, 0) is 4.74 Å². The summed E-state index contributed by atoms with van der Waals surface area (Å²) in [6, 6.07) is 7.20. The number of carbonyl (C=O) groups is 1. The molecular formula is C20H20ClN3O4. The molecule has 2 aromatic heterocycles. The average Bonchev–Trinajstić information content (AvgIpc) is 3.22. The first kappa shape index (κ1) is 18.7. The van der Waals surface area contributed by atoms with Crippen molar-refractivity contribution < 1.29 is 19.2 Å². The van der Waals surface area contributed by atoms with E-state index in [0.717, 1.165) is 5.69 Å². The fourth-order valence-electron chi connectivity index (χ4n) is 3.75. The number of methoxy groups -OCH3 is 1. The third-order valence-corrected chi connectivity index (χ3v) is 5.53. The molecule has 7 nitrogen and oxygen atoms in total. The van der Waals surface area contributed by atoms with Gasteiger partial charge in [-0.3, -0.25) is 4.68 Å². The number of hydrogen-bond acceptors (Lipinski definition) is 6. The number of hydrogen-bond donors (Lipinski definition) is 1. The summed E-state index contributed by atoms with van der Waals surface area (Å²) in [5, 5.41) is 19.0. The predicted molar refractivity (Wildman–Crippen MR) is 103 cm³/mol. The Balaban J connectivity index is 1.80. The van der Waals surface area contributed by atoms with Crippen LogP contribution in [0, 0.1) is 6.92 Å². The number of benzene rings is 1. The zero-order valence-electron chi connectivity index (χ0n) is 15.8. The first-order valence-corrected chi connectivity index (χ1v) is 9.30. The molecule has 0 bridgehead atoms. The molecule has 1 aromatic carbocycles. The fourth-order valence-corrected chi connectivity index (χ4v) is 3.97. The first-order chi connectivity index (χ1) is 13.3. The molecule has 0 unspecified atom stereocenters. The molecule has 1 aliphatic carbocycles. The number of esters is 1. The average molecular weight is 402 g/mol. The second-order valence-electron chi connectivity index (χ2n) is 7.35. The quantitative estimate of drug-likeness (QED) is 0.663. The van der Waals surface area contributed by atoms with E-state index in [1.807, 2.05) is 24.6 Å². The molecule has 146 valence electrons. The second-order valence-corrected chi connectivity index (χ2v) is 7.76. The molecule has 4 rings (SSSR count). The van der Waals surface area contributed by atoms with Crippen molar-refractivity contribution in [3.05, 3.63) is 46.7 Å². The summed E-state index contributed by atoms with van der Waals surface area (Å²) in [6.07, 6.45) is 2.89. The zero-order valence-corrected chi connectivity index (χ0v) is 16.5. The van der Waals surface area contributed by atoms with Crippen LogP contribution in [0.3, 0.4) is 0 Å². The second kappa shape index (κ2) is 6.76. The Morgan fingerprint density at radius 2 is 2.07 bits per heavy atom. The molecule has 1 saturated carbocycles. The molecule has 0 spiro atoms. The molecule has 8 heteroatoms. The highest BCUT2D eigenvalue weighted by Gasteiger charge is 2.41. The number of rotatable bonds is 4. The number of aromatic nitrogens is 3. The van der Waals surface area contributed by atoms with Gasteiger partial charge in [-0.25, -0.2) is 4.79 Å². The summed E-state index contributed by atoms with van der Waals surface area (Å²) in [5.74, 6) is -0.276. The lowest BCUT2D eigenvalue weighted by atomic mass is 9.77. The van der Waals surface area contributed by atoms with Gasteiger partial charge in [0, 0.05) is 11.3 Å². The highest BCUT2D eigenvalue weighted by molar-refractivity contribution is 6.33. The maximum absolute atomic E-state index is 12.6. The molecule has 0 aliphatic heterocycles. The third kappa shape index (κ3) is 3.00. The van der Waals surface area contributed by atoms with Gasteiger partial charge in [0.15, 0.2) is 5.76 Å². The van der Waals surface area contributed by atoms with Crippen LogP contribution in [0.5, 0.6) is 0 Å². The largest absolute Gasteiger partial charge is 0.465 e. The smallest absolute Gasteiger partial charge is 0.344 e. The third-order valence-electron chi connectivity index (χ3n) is 5.20. The van der Waals surface area contributed by atoms with Gasteiger partial charge in [-0.05, 0) is 32.8 Å². The van der Waals surface area contributed by atoms with E-state index in [9.17, 15) is 9.90 Å². The van der Waals surface area contributed by atoms with Crippen molar-refractivity contribution in [1.29, 1.82) is 0 Å². The van der Waals surface area contributed by atoms with Crippen LogP contribution in [0.25, 0.3) is 22.6 Å². The minimum Gasteiger partial charge on any atom is -0.465 e. The summed E-state index contributed by atoms with van der Waals surface area (Å²) >= 11 is 6.29. The van der Waals surface area contributed by atoms with Gasteiger partial charge in [0.25, 0.3) is 0 Å². The Kier molecular flexibility index (Phi) is 4.51. The minimum absolute atomic E-state index is 0.108. The SMILES string of the molecule is COC(=O)c1c(-c2ccccc2Cl)noc1-c1cnn([C@H]2C[C@](C)(O)C2)c1C. The lowest BCUT2D eigenvalue weighted by molar-refractivity contribution is -0.0548. The van der Waals surface area contributed by atoms with Gasteiger partial charge >= 0.3 is 5.97 Å². The maximum Gasteiger partial charge on any atom is 0.344 e. The molecular weight excluding hydrogens is 382 g/mol. The van der Waals surface area contributed by atoms with E-state index in [-0.39, 0.29) is 17.4 Å². The summed E-state index contributed by atoms with van der Waals surface area (Å²) in [7, 11) is 1.31. The zero-order chi connectivity index (χ0) is 20.1. The van der Waals surface area contributed by atoms with E-state index >= 15 is 0 Å². The normalized spacial score (nSPS) is 21.4. The summed E-state index contributed by atoms with van der Waals surface area (Å²) in [5.41, 5.74) is 1.93. The summed E-state index contributed by atoms with van der Waals surface area (Å²) in [4.78, 5) is 12.6. The van der Waals surface area contributed by atoms with E-state index in [4.69, 9.17) is 20.9 Å². The molecule has 1 fully saturated rings. The van der Waals surface area contributed by atoms with Gasteiger partial charge < -0.3 is 14.4 Å². The monoisotopic (exact) mass is 401 g/mol. The molecule has 0 radical (unpaired) electrons.